The Kier molecular flexibility index (Phi) is 6.54. The third kappa shape index (κ3) is 4.73. The molecule has 0 radical (unpaired) electrons. The molecular formula is C25H33N5O. The molecule has 2 fully saturated rings. The van der Waals surface area contributed by atoms with E-state index in [4.69, 9.17) is 0 Å². The first-order chi connectivity index (χ1) is 15.0. The van der Waals surface area contributed by atoms with Gasteiger partial charge in [0, 0.05) is 43.8 Å². The van der Waals surface area contributed by atoms with Crippen LogP contribution in [0.1, 0.15) is 43.2 Å². The minimum absolute atomic E-state index is 0.261. The summed E-state index contributed by atoms with van der Waals surface area (Å²) in [6.07, 6.45) is 4.96. The summed E-state index contributed by atoms with van der Waals surface area (Å²) in [7, 11) is 4.25. The van der Waals surface area contributed by atoms with Crippen LogP contribution in [0, 0.1) is 17.2 Å². The Hall–Kier alpha value is -2.49. The number of carbonyl (C=O) groups is 1. The van der Waals surface area contributed by atoms with Crippen molar-refractivity contribution in [3.8, 4) is 6.07 Å². The van der Waals surface area contributed by atoms with Crippen LogP contribution in [0.15, 0.2) is 30.5 Å². The first-order valence-corrected chi connectivity index (χ1v) is 11.4. The van der Waals surface area contributed by atoms with Gasteiger partial charge < -0.3 is 9.80 Å². The predicted octanol–water partition coefficient (Wildman–Crippen LogP) is 3.08. The van der Waals surface area contributed by atoms with Crippen molar-refractivity contribution < 1.29 is 4.79 Å². The van der Waals surface area contributed by atoms with Crippen LogP contribution < -0.4 is 0 Å². The van der Waals surface area contributed by atoms with Crippen LogP contribution >= 0.6 is 0 Å². The molecule has 2 saturated heterocycles. The molecule has 2 atom stereocenters. The van der Waals surface area contributed by atoms with Gasteiger partial charge in [0.2, 0.25) is 5.91 Å². The number of fused-ring (bicyclic) bond motifs is 1. The third-order valence-electron chi connectivity index (χ3n) is 7.01. The van der Waals surface area contributed by atoms with Gasteiger partial charge in [-0.15, -0.1) is 0 Å². The van der Waals surface area contributed by atoms with Crippen molar-refractivity contribution in [2.75, 3.05) is 46.8 Å². The van der Waals surface area contributed by atoms with E-state index in [9.17, 15) is 10.1 Å². The normalized spacial score (nSPS) is 23.3. The van der Waals surface area contributed by atoms with Crippen LogP contribution in [0.5, 0.6) is 0 Å². The number of aromatic nitrogens is 1. The fourth-order valence-corrected chi connectivity index (χ4v) is 5.38. The van der Waals surface area contributed by atoms with Crippen LogP contribution in [0.4, 0.5) is 0 Å². The number of pyridine rings is 1. The van der Waals surface area contributed by atoms with Gasteiger partial charge >= 0.3 is 0 Å². The number of likely N-dealkylation sites (tertiary alicyclic amines) is 2. The SMILES string of the molecule is CC1CC(c2ccc(C#N)c3ncccc23)CN(CC(=O)N2CCC(N(C)C)CC2)C1. The standard InChI is InChI=1S/C25H33N5O/c1-18-13-20(22-7-6-19(14-26)25-23(22)5-4-10-27-25)16-29(15-18)17-24(31)30-11-8-21(9-12-30)28(2)3/h4-7,10,18,20-21H,8-9,11-13,15-17H2,1-3H3. The second kappa shape index (κ2) is 9.33. The molecule has 2 aliphatic heterocycles. The maximum Gasteiger partial charge on any atom is 0.236 e. The highest BCUT2D eigenvalue weighted by molar-refractivity contribution is 5.87. The highest BCUT2D eigenvalue weighted by Gasteiger charge is 2.30. The molecule has 0 saturated carbocycles. The van der Waals surface area contributed by atoms with Gasteiger partial charge in [-0.25, -0.2) is 0 Å². The van der Waals surface area contributed by atoms with E-state index >= 15 is 0 Å². The molecule has 2 aromatic rings. The molecule has 164 valence electrons. The summed E-state index contributed by atoms with van der Waals surface area (Å²) >= 11 is 0. The van der Waals surface area contributed by atoms with Crippen molar-refractivity contribution in [1.82, 2.24) is 19.7 Å². The van der Waals surface area contributed by atoms with E-state index < -0.39 is 0 Å². The van der Waals surface area contributed by atoms with Gasteiger partial charge in [-0.1, -0.05) is 19.1 Å². The van der Waals surface area contributed by atoms with E-state index in [-0.39, 0.29) is 5.91 Å². The van der Waals surface area contributed by atoms with Crippen LogP contribution in [-0.4, -0.2) is 78.5 Å². The van der Waals surface area contributed by atoms with Gasteiger partial charge in [-0.2, -0.15) is 5.26 Å². The topological polar surface area (TPSA) is 63.5 Å². The largest absolute Gasteiger partial charge is 0.341 e. The second-order valence-corrected chi connectivity index (χ2v) is 9.52. The number of benzene rings is 1. The maximum atomic E-state index is 13.0. The summed E-state index contributed by atoms with van der Waals surface area (Å²) in [6, 6.07) is 10.9. The maximum absolute atomic E-state index is 13.0. The molecule has 2 aliphatic rings. The molecular weight excluding hydrogens is 386 g/mol. The fourth-order valence-electron chi connectivity index (χ4n) is 5.38. The smallest absolute Gasteiger partial charge is 0.236 e. The van der Waals surface area contributed by atoms with Crippen molar-refractivity contribution in [3.63, 3.8) is 0 Å². The summed E-state index contributed by atoms with van der Waals surface area (Å²) < 4.78 is 0. The molecule has 4 rings (SSSR count). The molecule has 0 N–H and O–H groups in total. The number of piperidine rings is 2. The van der Waals surface area contributed by atoms with Crippen LogP contribution in [0.2, 0.25) is 0 Å². The first kappa shape index (κ1) is 21.7. The summed E-state index contributed by atoms with van der Waals surface area (Å²) in [5.74, 6) is 1.13. The van der Waals surface area contributed by atoms with Gasteiger partial charge in [-0.05, 0) is 62.9 Å². The lowest BCUT2D eigenvalue weighted by atomic mass is 9.83. The Morgan fingerprint density at radius 1 is 1.23 bits per heavy atom. The first-order valence-electron chi connectivity index (χ1n) is 11.4. The van der Waals surface area contributed by atoms with Crippen molar-refractivity contribution in [2.24, 2.45) is 5.92 Å². The zero-order chi connectivity index (χ0) is 22.0. The van der Waals surface area contributed by atoms with Crippen molar-refractivity contribution in [3.05, 3.63) is 41.6 Å². The van der Waals surface area contributed by atoms with Gasteiger partial charge in [0.25, 0.3) is 0 Å². The number of amides is 1. The Morgan fingerprint density at radius 3 is 2.71 bits per heavy atom. The lowest BCUT2D eigenvalue weighted by Crippen LogP contribution is -2.49. The molecule has 3 heterocycles. The highest BCUT2D eigenvalue weighted by Crippen LogP contribution is 2.34. The molecule has 0 bridgehead atoms. The Bertz CT molecular complexity index is 974. The zero-order valence-corrected chi connectivity index (χ0v) is 18.9. The van der Waals surface area contributed by atoms with E-state index in [2.05, 4.69) is 58.9 Å². The molecule has 0 aliphatic carbocycles. The van der Waals surface area contributed by atoms with E-state index in [0.29, 0.717) is 30.0 Å². The summed E-state index contributed by atoms with van der Waals surface area (Å²) in [4.78, 5) is 24.1. The highest BCUT2D eigenvalue weighted by atomic mass is 16.2. The average molecular weight is 420 g/mol. The number of rotatable bonds is 4. The predicted molar refractivity (Wildman–Crippen MR) is 123 cm³/mol. The number of carbonyl (C=O) groups excluding carboxylic acids is 1. The van der Waals surface area contributed by atoms with E-state index in [1.165, 1.54) is 5.56 Å². The lowest BCUT2D eigenvalue weighted by molar-refractivity contribution is -0.134. The average Bonchev–Trinajstić information content (AvgIpc) is 2.78. The van der Waals surface area contributed by atoms with Crippen molar-refractivity contribution in [1.29, 1.82) is 5.26 Å². The summed E-state index contributed by atoms with van der Waals surface area (Å²) in [5.41, 5.74) is 2.65. The summed E-state index contributed by atoms with van der Waals surface area (Å²) in [5, 5.41) is 10.5. The van der Waals surface area contributed by atoms with E-state index in [1.54, 1.807) is 6.20 Å². The lowest BCUT2D eigenvalue weighted by Gasteiger charge is -2.39. The third-order valence-corrected chi connectivity index (χ3v) is 7.01. The van der Waals surface area contributed by atoms with Crippen molar-refractivity contribution >= 4 is 16.8 Å². The minimum Gasteiger partial charge on any atom is -0.341 e. The molecule has 0 spiro atoms. The van der Waals surface area contributed by atoms with Crippen LogP contribution in [-0.2, 0) is 4.79 Å². The quantitative estimate of drug-likeness (QED) is 0.762. The van der Waals surface area contributed by atoms with E-state index in [1.807, 2.05) is 12.1 Å². The Morgan fingerprint density at radius 2 is 2.00 bits per heavy atom. The van der Waals surface area contributed by atoms with E-state index in [0.717, 1.165) is 56.3 Å². The molecule has 6 heteroatoms. The molecule has 31 heavy (non-hydrogen) atoms. The molecule has 2 unspecified atom stereocenters. The number of nitriles is 1. The number of hydrogen-bond acceptors (Lipinski definition) is 5. The van der Waals surface area contributed by atoms with Crippen molar-refractivity contribution in [2.45, 2.75) is 38.1 Å². The zero-order valence-electron chi connectivity index (χ0n) is 18.9. The summed E-state index contributed by atoms with van der Waals surface area (Å²) in [6.45, 7) is 6.33. The molecule has 6 nitrogen and oxygen atoms in total. The Balaban J connectivity index is 1.47. The number of nitrogens with zero attached hydrogens (tertiary/aromatic N) is 5. The van der Waals surface area contributed by atoms with Gasteiger partial charge in [-0.3, -0.25) is 14.7 Å². The minimum atomic E-state index is 0.261. The van der Waals surface area contributed by atoms with Gasteiger partial charge in [0.1, 0.15) is 6.07 Å². The van der Waals surface area contributed by atoms with Crippen LogP contribution in [0.25, 0.3) is 10.9 Å². The van der Waals surface area contributed by atoms with Crippen LogP contribution in [0.3, 0.4) is 0 Å². The second-order valence-electron chi connectivity index (χ2n) is 9.52. The number of hydrogen-bond donors (Lipinski definition) is 0. The molecule has 1 aromatic heterocycles. The van der Waals surface area contributed by atoms with Gasteiger partial charge in [0.15, 0.2) is 0 Å². The molecule has 1 amide bonds. The van der Waals surface area contributed by atoms with Gasteiger partial charge in [0.05, 0.1) is 17.6 Å². The monoisotopic (exact) mass is 419 g/mol. The molecule has 1 aromatic carbocycles. The Labute approximate surface area is 185 Å². The fraction of sp³-hybridized carbons (Fsp3) is 0.560.